The van der Waals surface area contributed by atoms with Gasteiger partial charge in [-0.1, -0.05) is 0 Å². The van der Waals surface area contributed by atoms with E-state index in [0.29, 0.717) is 11.2 Å². The summed E-state index contributed by atoms with van der Waals surface area (Å²) in [7, 11) is -0.778. The molecule has 2 N–H and O–H groups in total. The van der Waals surface area contributed by atoms with Crippen molar-refractivity contribution in [1.82, 2.24) is 24.0 Å². The summed E-state index contributed by atoms with van der Waals surface area (Å²) < 4.78 is 48.8. The number of nitrogens with one attached hydrogen (secondary N) is 2. The second-order valence-electron chi connectivity index (χ2n) is 10.8. The van der Waals surface area contributed by atoms with Crippen LogP contribution in [-0.2, 0) is 20.3 Å². The number of carbonyl (C=O) groups excluding carboxylic acids is 1. The Labute approximate surface area is 231 Å². The summed E-state index contributed by atoms with van der Waals surface area (Å²) in [6.07, 6.45) is -1.13. The summed E-state index contributed by atoms with van der Waals surface area (Å²) in [5.74, 6) is 0.110. The predicted octanol–water partition coefficient (Wildman–Crippen LogP) is 3.31. The van der Waals surface area contributed by atoms with Crippen molar-refractivity contribution in [2.75, 3.05) is 32.5 Å². The molecule has 1 amide bonds. The molecule has 2 atom stereocenters. The van der Waals surface area contributed by atoms with E-state index in [0.717, 1.165) is 4.31 Å². The van der Waals surface area contributed by atoms with Crippen LogP contribution in [0, 0.1) is 11.3 Å². The molecule has 40 heavy (non-hydrogen) atoms. The first-order chi connectivity index (χ1) is 18.7. The molecule has 214 valence electrons. The van der Waals surface area contributed by atoms with Crippen molar-refractivity contribution >= 4 is 38.5 Å². The standard InChI is InChI=1S/C26H32FN7O5S/c1-25(2,3)39-24(36)33-15-12-26(11-13-28,20(27)16-33)34-19-10-14-29-23(35)21(19)22(31-34)30-17-6-8-18(9-7-17)40(37,38)32(4)5/h6-10,14,20H,11-12,15-16H2,1-5H3,(H,29,35)(H,30,31). The fourth-order valence-electron chi connectivity index (χ4n) is 4.64. The number of anilines is 2. The molecular weight excluding hydrogens is 541 g/mol. The van der Waals surface area contributed by atoms with E-state index in [4.69, 9.17) is 4.74 Å². The molecule has 4 rings (SSSR count). The lowest BCUT2D eigenvalue weighted by Crippen LogP contribution is -2.56. The van der Waals surface area contributed by atoms with Crippen molar-refractivity contribution in [3.05, 3.63) is 46.9 Å². The van der Waals surface area contributed by atoms with Crippen molar-refractivity contribution in [2.45, 2.75) is 55.8 Å². The smallest absolute Gasteiger partial charge is 0.410 e. The zero-order valence-corrected chi connectivity index (χ0v) is 23.7. The summed E-state index contributed by atoms with van der Waals surface area (Å²) >= 11 is 0. The van der Waals surface area contributed by atoms with Gasteiger partial charge in [0.1, 0.15) is 22.7 Å². The molecule has 0 radical (unpaired) electrons. The summed E-state index contributed by atoms with van der Waals surface area (Å²) in [6, 6.07) is 9.53. The molecule has 1 saturated heterocycles. The minimum atomic E-state index is -3.64. The number of aromatic nitrogens is 3. The van der Waals surface area contributed by atoms with Gasteiger partial charge in [0.25, 0.3) is 5.56 Å². The van der Waals surface area contributed by atoms with Gasteiger partial charge in [0.2, 0.25) is 10.0 Å². The molecular formula is C26H32FN7O5S. The summed E-state index contributed by atoms with van der Waals surface area (Å²) in [5, 5.41) is 17.4. The lowest BCUT2D eigenvalue weighted by Gasteiger charge is -2.43. The zero-order valence-electron chi connectivity index (χ0n) is 22.9. The molecule has 0 aliphatic carbocycles. The summed E-state index contributed by atoms with van der Waals surface area (Å²) in [6.45, 7) is 4.97. The van der Waals surface area contributed by atoms with Gasteiger partial charge in [0.15, 0.2) is 5.82 Å². The van der Waals surface area contributed by atoms with Gasteiger partial charge >= 0.3 is 6.09 Å². The van der Waals surface area contributed by atoms with Gasteiger partial charge in [-0.25, -0.2) is 21.9 Å². The maximum Gasteiger partial charge on any atom is 0.410 e. The zero-order chi connectivity index (χ0) is 29.5. The van der Waals surface area contributed by atoms with Crippen LogP contribution >= 0.6 is 0 Å². The molecule has 1 aliphatic rings. The number of hydrogen-bond donors (Lipinski definition) is 2. The van der Waals surface area contributed by atoms with Gasteiger partial charge in [0.05, 0.1) is 29.4 Å². The Balaban J connectivity index is 1.73. The number of nitrogens with zero attached hydrogens (tertiary/aromatic N) is 5. The number of hydrogen-bond acceptors (Lipinski definition) is 8. The van der Waals surface area contributed by atoms with Crippen LogP contribution in [0.1, 0.15) is 33.6 Å². The van der Waals surface area contributed by atoms with Crippen molar-refractivity contribution < 1.29 is 22.3 Å². The molecule has 14 heteroatoms. The van der Waals surface area contributed by atoms with Gasteiger partial charge in [-0.2, -0.15) is 10.4 Å². The SMILES string of the molecule is CN(C)S(=O)(=O)c1ccc(Nc2nn(C3(CC#N)CCN(C(=O)OC(C)(C)C)CC3F)c3cc[nH]c(=O)c23)cc1. The van der Waals surface area contributed by atoms with Crippen LogP contribution in [0.2, 0.25) is 0 Å². The summed E-state index contributed by atoms with van der Waals surface area (Å²) in [4.78, 5) is 29.5. The van der Waals surface area contributed by atoms with Gasteiger partial charge in [-0.05, 0) is 57.5 Å². The molecule has 0 saturated carbocycles. The van der Waals surface area contributed by atoms with E-state index in [1.807, 2.05) is 0 Å². The average molecular weight is 574 g/mol. The van der Waals surface area contributed by atoms with Crippen LogP contribution in [0.25, 0.3) is 10.9 Å². The maximum atomic E-state index is 16.1. The Morgan fingerprint density at radius 3 is 2.55 bits per heavy atom. The summed E-state index contributed by atoms with van der Waals surface area (Å²) in [5.41, 5.74) is -1.94. The van der Waals surface area contributed by atoms with Crippen LogP contribution in [0.4, 0.5) is 20.7 Å². The number of alkyl halides is 1. The molecule has 1 fully saturated rings. The number of sulfonamides is 1. The van der Waals surface area contributed by atoms with Gasteiger partial charge in [-0.15, -0.1) is 0 Å². The molecule has 1 aliphatic heterocycles. The number of fused-ring (bicyclic) bond motifs is 1. The average Bonchev–Trinajstić information content (AvgIpc) is 3.24. The van der Waals surface area contributed by atoms with E-state index in [1.54, 1.807) is 26.8 Å². The van der Waals surface area contributed by atoms with Crippen LogP contribution in [0.5, 0.6) is 0 Å². The molecule has 12 nitrogen and oxygen atoms in total. The number of rotatable bonds is 6. The monoisotopic (exact) mass is 573 g/mol. The highest BCUT2D eigenvalue weighted by Crippen LogP contribution is 2.39. The Hall–Kier alpha value is -3.96. The Morgan fingerprint density at radius 1 is 1.30 bits per heavy atom. The fraction of sp³-hybridized carbons (Fsp3) is 0.462. The molecule has 2 aromatic heterocycles. The minimum absolute atomic E-state index is 0.0566. The molecule has 3 heterocycles. The normalized spacial score (nSPS) is 19.9. The number of likely N-dealkylation sites (tertiary alicyclic amines) is 1. The fourth-order valence-corrected chi connectivity index (χ4v) is 5.55. The van der Waals surface area contributed by atoms with Crippen molar-refractivity contribution in [3.8, 4) is 6.07 Å². The van der Waals surface area contributed by atoms with Crippen LogP contribution in [-0.4, -0.2) is 77.4 Å². The van der Waals surface area contributed by atoms with Crippen LogP contribution in [0.15, 0.2) is 46.2 Å². The van der Waals surface area contributed by atoms with E-state index in [-0.39, 0.29) is 42.0 Å². The number of ether oxygens (including phenoxy) is 1. The van der Waals surface area contributed by atoms with Gasteiger partial charge in [-0.3, -0.25) is 9.48 Å². The molecule has 2 unspecified atom stereocenters. The maximum absolute atomic E-state index is 16.1. The molecule has 3 aromatic rings. The van der Waals surface area contributed by atoms with Crippen molar-refractivity contribution in [2.24, 2.45) is 0 Å². The first kappa shape index (κ1) is 29.0. The Kier molecular flexibility index (Phi) is 7.66. The number of piperidine rings is 1. The van der Waals surface area contributed by atoms with Gasteiger partial charge in [0, 0.05) is 32.5 Å². The van der Waals surface area contributed by atoms with E-state index in [9.17, 15) is 23.3 Å². The first-order valence-electron chi connectivity index (χ1n) is 12.6. The molecule has 0 spiro atoms. The third-order valence-electron chi connectivity index (χ3n) is 6.74. The minimum Gasteiger partial charge on any atom is -0.444 e. The lowest BCUT2D eigenvalue weighted by atomic mass is 9.83. The highest BCUT2D eigenvalue weighted by molar-refractivity contribution is 7.89. The topological polar surface area (TPSA) is 153 Å². The second-order valence-corrected chi connectivity index (χ2v) is 13.0. The van der Waals surface area contributed by atoms with E-state index in [1.165, 1.54) is 54.1 Å². The Bertz CT molecular complexity index is 1620. The van der Waals surface area contributed by atoms with Gasteiger partial charge < -0.3 is 19.9 Å². The third-order valence-corrected chi connectivity index (χ3v) is 8.57. The number of aromatic amines is 1. The van der Waals surface area contributed by atoms with E-state index in [2.05, 4.69) is 21.5 Å². The number of nitriles is 1. The highest BCUT2D eigenvalue weighted by Gasteiger charge is 2.48. The first-order valence-corrected chi connectivity index (χ1v) is 14.0. The van der Waals surface area contributed by atoms with Crippen molar-refractivity contribution in [3.63, 3.8) is 0 Å². The second kappa shape index (κ2) is 10.5. The quantitative estimate of drug-likeness (QED) is 0.455. The number of carbonyl (C=O) groups is 1. The third kappa shape index (κ3) is 5.39. The number of H-pyrrole nitrogens is 1. The molecule has 0 bridgehead atoms. The van der Waals surface area contributed by atoms with E-state index >= 15 is 4.39 Å². The Morgan fingerprint density at radius 2 is 1.98 bits per heavy atom. The number of benzene rings is 1. The van der Waals surface area contributed by atoms with Crippen LogP contribution < -0.4 is 10.9 Å². The number of pyridine rings is 1. The van der Waals surface area contributed by atoms with Crippen LogP contribution in [0.3, 0.4) is 0 Å². The lowest BCUT2D eigenvalue weighted by molar-refractivity contribution is -0.0166. The number of amides is 1. The predicted molar refractivity (Wildman–Crippen MR) is 146 cm³/mol. The number of halogens is 1. The highest BCUT2D eigenvalue weighted by atomic mass is 32.2. The van der Waals surface area contributed by atoms with Crippen molar-refractivity contribution in [1.29, 1.82) is 5.26 Å². The largest absolute Gasteiger partial charge is 0.444 e. The molecule has 1 aromatic carbocycles. The van der Waals surface area contributed by atoms with E-state index < -0.39 is 39.0 Å².